The lowest BCUT2D eigenvalue weighted by Gasteiger charge is -2.41. The van der Waals surface area contributed by atoms with Gasteiger partial charge in [-0.2, -0.15) is 8.78 Å². The van der Waals surface area contributed by atoms with Gasteiger partial charge in [-0.05, 0) is 99.5 Å². The van der Waals surface area contributed by atoms with E-state index in [-0.39, 0.29) is 23.2 Å². The van der Waals surface area contributed by atoms with E-state index < -0.39 is 29.5 Å². The van der Waals surface area contributed by atoms with Crippen LogP contribution in [0.3, 0.4) is 0 Å². The van der Waals surface area contributed by atoms with Crippen molar-refractivity contribution in [2.45, 2.75) is 96.4 Å². The summed E-state index contributed by atoms with van der Waals surface area (Å²) < 4.78 is 89.0. The first kappa shape index (κ1) is 31.2. The number of rotatable bonds is 10. The van der Waals surface area contributed by atoms with Crippen molar-refractivity contribution >= 4 is 0 Å². The Morgan fingerprint density at radius 1 is 0.738 bits per heavy atom. The molecule has 0 N–H and O–H groups in total. The van der Waals surface area contributed by atoms with Crippen LogP contribution < -0.4 is 4.74 Å². The molecule has 0 unspecified atom stereocenters. The van der Waals surface area contributed by atoms with Crippen molar-refractivity contribution in [2.24, 2.45) is 29.6 Å². The van der Waals surface area contributed by atoms with E-state index in [2.05, 4.69) is 6.92 Å². The van der Waals surface area contributed by atoms with E-state index >= 15 is 8.78 Å². The first-order chi connectivity index (χ1) is 20.2. The largest absolute Gasteiger partial charge is 0.432 e. The fourth-order valence-corrected chi connectivity index (χ4v) is 7.19. The average Bonchev–Trinajstić information content (AvgIpc) is 2.99. The number of ether oxygens (including phenoxy) is 3. The van der Waals surface area contributed by atoms with E-state index in [4.69, 9.17) is 14.2 Å². The van der Waals surface area contributed by atoms with Gasteiger partial charge in [0.15, 0.2) is 17.9 Å². The maximum absolute atomic E-state index is 15.1. The maximum Gasteiger partial charge on any atom is 0.400 e. The molecule has 2 aromatic carbocycles. The van der Waals surface area contributed by atoms with Crippen LogP contribution >= 0.6 is 0 Å². The number of alkyl halides is 2. The van der Waals surface area contributed by atoms with Crippen molar-refractivity contribution in [2.75, 3.05) is 13.2 Å². The summed E-state index contributed by atoms with van der Waals surface area (Å²) in [5.74, 6) is -2.33. The maximum atomic E-state index is 15.1. The Hall–Kier alpha value is -2.19. The molecule has 2 aliphatic carbocycles. The van der Waals surface area contributed by atoms with Crippen molar-refractivity contribution in [1.82, 2.24) is 0 Å². The number of hydrogen-bond donors (Lipinski definition) is 0. The second-order valence-electron chi connectivity index (χ2n) is 12.6. The summed E-state index contributed by atoms with van der Waals surface area (Å²) in [6, 6.07) is 6.36. The molecule has 1 aliphatic heterocycles. The Morgan fingerprint density at radius 2 is 1.38 bits per heavy atom. The zero-order valence-corrected chi connectivity index (χ0v) is 24.4. The smallest absolute Gasteiger partial charge is 0.400 e. The highest BCUT2D eigenvalue weighted by Crippen LogP contribution is 2.46. The standard InChI is InChI=1S/C34H43F5O3/c1-2-3-4-5-22-20-40-33(41-21-22)25-8-6-23(7-9-25)24-10-13-27(14-11-24)34(38,39)42-28-15-16-29(31(36)19-28)26-12-17-30(35)32(37)18-26/h12,15-19,22-25,27,33H,2-11,13-14,20-21H2,1H3. The molecular formula is C34H43F5O3. The van der Waals surface area contributed by atoms with Gasteiger partial charge >= 0.3 is 6.11 Å². The van der Waals surface area contributed by atoms with Crippen LogP contribution in [0.5, 0.6) is 5.75 Å². The minimum absolute atomic E-state index is 0.0204. The zero-order chi connectivity index (χ0) is 29.7. The van der Waals surface area contributed by atoms with Crippen LogP contribution in [0.1, 0.15) is 84.0 Å². The lowest BCUT2D eigenvalue weighted by Crippen LogP contribution is -2.40. The lowest BCUT2D eigenvalue weighted by atomic mass is 9.69. The number of benzene rings is 2. The molecule has 1 saturated heterocycles. The van der Waals surface area contributed by atoms with Crippen molar-refractivity contribution in [3.8, 4) is 16.9 Å². The summed E-state index contributed by atoms with van der Waals surface area (Å²) >= 11 is 0. The van der Waals surface area contributed by atoms with Gasteiger partial charge in [0.1, 0.15) is 11.6 Å². The molecule has 0 bridgehead atoms. The molecule has 3 nitrogen and oxygen atoms in total. The topological polar surface area (TPSA) is 27.7 Å². The van der Waals surface area contributed by atoms with Crippen molar-refractivity contribution in [3.63, 3.8) is 0 Å². The molecule has 0 aromatic heterocycles. The summed E-state index contributed by atoms with van der Waals surface area (Å²) in [6.07, 6.45) is 7.83. The van der Waals surface area contributed by atoms with Crippen LogP contribution in [0, 0.1) is 47.0 Å². The van der Waals surface area contributed by atoms with E-state index in [9.17, 15) is 13.2 Å². The number of unbranched alkanes of at least 4 members (excludes halogenated alkanes) is 2. The van der Waals surface area contributed by atoms with Crippen LogP contribution in [0.2, 0.25) is 0 Å². The van der Waals surface area contributed by atoms with Gasteiger partial charge in [-0.3, -0.25) is 0 Å². The summed E-state index contributed by atoms with van der Waals surface area (Å²) in [6.45, 7) is 3.80. The molecule has 0 radical (unpaired) electrons. The third-order valence-corrected chi connectivity index (χ3v) is 9.75. The monoisotopic (exact) mass is 594 g/mol. The van der Waals surface area contributed by atoms with Crippen molar-refractivity contribution in [3.05, 3.63) is 53.8 Å². The van der Waals surface area contributed by atoms with Crippen LogP contribution in [0.4, 0.5) is 22.0 Å². The lowest BCUT2D eigenvalue weighted by molar-refractivity contribution is -0.232. The second kappa shape index (κ2) is 14.1. The van der Waals surface area contributed by atoms with E-state index in [0.717, 1.165) is 69.9 Å². The van der Waals surface area contributed by atoms with Crippen LogP contribution in [-0.4, -0.2) is 25.6 Å². The van der Waals surface area contributed by atoms with Gasteiger partial charge in [0, 0.05) is 23.5 Å². The third-order valence-electron chi connectivity index (χ3n) is 9.75. The molecule has 0 amide bonds. The Balaban J connectivity index is 1.06. The molecule has 1 heterocycles. The Kier molecular flexibility index (Phi) is 10.5. The normalized spacial score (nSPS) is 28.9. The van der Waals surface area contributed by atoms with E-state index in [0.29, 0.717) is 36.5 Å². The number of hydrogen-bond acceptors (Lipinski definition) is 3. The van der Waals surface area contributed by atoms with Gasteiger partial charge < -0.3 is 14.2 Å². The van der Waals surface area contributed by atoms with Crippen LogP contribution in [0.25, 0.3) is 11.1 Å². The highest BCUT2D eigenvalue weighted by molar-refractivity contribution is 5.65. The minimum atomic E-state index is -3.43. The average molecular weight is 595 g/mol. The molecule has 2 saturated carbocycles. The van der Waals surface area contributed by atoms with Gasteiger partial charge in [0.25, 0.3) is 0 Å². The first-order valence-electron chi connectivity index (χ1n) is 15.8. The fourth-order valence-electron chi connectivity index (χ4n) is 7.19. The zero-order valence-electron chi connectivity index (χ0n) is 24.4. The highest BCUT2D eigenvalue weighted by Gasteiger charge is 2.45. The van der Waals surface area contributed by atoms with Crippen molar-refractivity contribution < 1.29 is 36.2 Å². The predicted octanol–water partition coefficient (Wildman–Crippen LogP) is 9.92. The highest BCUT2D eigenvalue weighted by atomic mass is 19.3. The Morgan fingerprint density at radius 3 is 2.00 bits per heavy atom. The molecular weight excluding hydrogens is 551 g/mol. The Bertz CT molecular complexity index is 1150. The quantitative estimate of drug-likeness (QED) is 0.202. The predicted molar refractivity (Wildman–Crippen MR) is 152 cm³/mol. The van der Waals surface area contributed by atoms with Crippen molar-refractivity contribution in [1.29, 1.82) is 0 Å². The summed E-state index contributed by atoms with van der Waals surface area (Å²) in [4.78, 5) is 0. The minimum Gasteiger partial charge on any atom is -0.432 e. The Labute approximate surface area is 246 Å². The number of halogens is 5. The molecule has 2 aromatic rings. The molecule has 0 spiro atoms. The van der Waals surface area contributed by atoms with E-state index in [1.807, 2.05) is 0 Å². The van der Waals surface area contributed by atoms with Gasteiger partial charge in [-0.15, -0.1) is 0 Å². The SMILES string of the molecule is CCCCCC1COC(C2CCC(C3CCC(C(F)(F)Oc4ccc(-c5ccc(F)c(F)c5)c(F)c4)CC3)CC2)OC1. The summed E-state index contributed by atoms with van der Waals surface area (Å²) in [7, 11) is 0. The van der Waals surface area contributed by atoms with Crippen LogP contribution in [0.15, 0.2) is 36.4 Å². The molecule has 3 aliphatic rings. The molecule has 5 rings (SSSR count). The fraction of sp³-hybridized carbons (Fsp3) is 0.647. The first-order valence-corrected chi connectivity index (χ1v) is 15.8. The van der Waals surface area contributed by atoms with Gasteiger partial charge in [-0.25, -0.2) is 13.2 Å². The van der Waals surface area contributed by atoms with E-state index in [1.165, 1.54) is 43.9 Å². The molecule has 232 valence electrons. The van der Waals surface area contributed by atoms with Crippen LogP contribution in [-0.2, 0) is 9.47 Å². The van der Waals surface area contributed by atoms with Gasteiger partial charge in [0.05, 0.1) is 19.1 Å². The summed E-state index contributed by atoms with van der Waals surface area (Å²) in [5, 5.41) is 0. The molecule has 0 atom stereocenters. The van der Waals surface area contributed by atoms with E-state index in [1.54, 1.807) is 0 Å². The molecule has 3 fully saturated rings. The summed E-state index contributed by atoms with van der Waals surface area (Å²) in [5.41, 5.74) is 0.0929. The second-order valence-corrected chi connectivity index (χ2v) is 12.6. The van der Waals surface area contributed by atoms with Gasteiger partial charge in [-0.1, -0.05) is 32.3 Å². The third kappa shape index (κ3) is 7.65. The molecule has 42 heavy (non-hydrogen) atoms. The molecule has 8 heteroatoms. The van der Waals surface area contributed by atoms with Gasteiger partial charge in [0.2, 0.25) is 0 Å².